The van der Waals surface area contributed by atoms with Crippen molar-refractivity contribution in [2.24, 2.45) is 0 Å². The Hall–Kier alpha value is -2.32. The summed E-state index contributed by atoms with van der Waals surface area (Å²) in [6.45, 7) is 0.390. The van der Waals surface area contributed by atoms with Gasteiger partial charge in [-0.3, -0.25) is 9.59 Å². The summed E-state index contributed by atoms with van der Waals surface area (Å²) in [4.78, 5) is 25.0. The number of halogens is 3. The molecule has 4 nitrogen and oxygen atoms in total. The lowest BCUT2D eigenvalue weighted by atomic mass is 9.99. The molecule has 8 heteroatoms. The molecule has 0 radical (unpaired) electrons. The van der Waals surface area contributed by atoms with Crippen LogP contribution in [-0.4, -0.2) is 28.6 Å². The number of nitrogens with one attached hydrogen (secondary N) is 1. The van der Waals surface area contributed by atoms with Gasteiger partial charge in [0.05, 0.1) is 0 Å². The number of benzene rings is 2. The molecule has 0 spiro atoms. The van der Waals surface area contributed by atoms with Crippen LogP contribution in [0.4, 0.5) is 18.9 Å². The Morgan fingerprint density at radius 3 is 2.54 bits per heavy atom. The van der Waals surface area contributed by atoms with Crippen LogP contribution in [0.5, 0.6) is 0 Å². The molecule has 0 saturated heterocycles. The highest BCUT2D eigenvalue weighted by atomic mass is 32.2. The zero-order chi connectivity index (χ0) is 19.1. The fourth-order valence-electron chi connectivity index (χ4n) is 2.46. The number of aliphatic hydroxyl groups is 1. The number of fused-ring (bicyclic) bond motifs is 2. The van der Waals surface area contributed by atoms with Crippen LogP contribution in [-0.2, 0) is 10.5 Å². The third-order valence-corrected chi connectivity index (χ3v) is 5.23. The number of carbonyl (C=O) groups excluding carboxylic acids is 2. The highest BCUT2D eigenvalue weighted by Gasteiger charge is 2.55. The second kappa shape index (κ2) is 6.44. The topological polar surface area (TPSA) is 66.4 Å². The molecule has 136 valence electrons. The standard InChI is InChI=1S/C18H14F3NO3S/c1-17(25,18(19,20)21)16(24)22-11-6-7-13-14(8-11)26-9-10-4-2-3-5-12(10)15(13)23/h2-8,25H,9H2,1H3,(H,22,24). The van der Waals surface area contributed by atoms with Gasteiger partial charge in [0.2, 0.25) is 5.60 Å². The van der Waals surface area contributed by atoms with Gasteiger partial charge in [-0.15, -0.1) is 11.8 Å². The second-order valence-electron chi connectivity index (χ2n) is 6.01. The van der Waals surface area contributed by atoms with Gasteiger partial charge in [-0.2, -0.15) is 13.2 Å². The van der Waals surface area contributed by atoms with Gasteiger partial charge in [0.25, 0.3) is 5.91 Å². The summed E-state index contributed by atoms with van der Waals surface area (Å²) >= 11 is 1.35. The van der Waals surface area contributed by atoms with Crippen molar-refractivity contribution in [3.8, 4) is 0 Å². The van der Waals surface area contributed by atoms with Crippen molar-refractivity contribution in [1.82, 2.24) is 0 Å². The van der Waals surface area contributed by atoms with Gasteiger partial charge in [-0.05, 0) is 30.7 Å². The van der Waals surface area contributed by atoms with E-state index in [1.807, 2.05) is 12.1 Å². The van der Waals surface area contributed by atoms with Crippen LogP contribution in [0, 0.1) is 0 Å². The van der Waals surface area contributed by atoms with E-state index in [1.165, 1.54) is 30.0 Å². The number of rotatable bonds is 2. The molecule has 0 saturated carbocycles. The summed E-state index contributed by atoms with van der Waals surface area (Å²) in [7, 11) is 0. The Morgan fingerprint density at radius 2 is 1.85 bits per heavy atom. The van der Waals surface area contributed by atoms with Gasteiger partial charge in [0, 0.05) is 27.5 Å². The molecule has 0 bridgehead atoms. The molecule has 1 heterocycles. The first-order valence-electron chi connectivity index (χ1n) is 7.61. The molecule has 3 rings (SSSR count). The number of carbonyl (C=O) groups is 2. The van der Waals surface area contributed by atoms with Crippen molar-refractivity contribution in [1.29, 1.82) is 0 Å². The Labute approximate surface area is 151 Å². The van der Waals surface area contributed by atoms with E-state index < -0.39 is 17.7 Å². The van der Waals surface area contributed by atoms with Gasteiger partial charge < -0.3 is 10.4 Å². The average Bonchev–Trinajstić information content (AvgIpc) is 2.71. The molecule has 26 heavy (non-hydrogen) atoms. The first-order chi connectivity index (χ1) is 12.1. The Kier molecular flexibility index (Phi) is 4.58. The van der Waals surface area contributed by atoms with Gasteiger partial charge in [-0.1, -0.05) is 24.3 Å². The predicted molar refractivity (Wildman–Crippen MR) is 91.2 cm³/mol. The van der Waals surface area contributed by atoms with Crippen molar-refractivity contribution < 1.29 is 27.9 Å². The van der Waals surface area contributed by atoms with E-state index >= 15 is 0 Å². The minimum atomic E-state index is -5.10. The summed E-state index contributed by atoms with van der Waals surface area (Å²) in [6, 6.07) is 11.4. The lowest BCUT2D eigenvalue weighted by molar-refractivity contribution is -0.242. The molecule has 1 aliphatic rings. The predicted octanol–water partition coefficient (Wildman–Crippen LogP) is 3.78. The number of thioether (sulfide) groups is 1. The maximum Gasteiger partial charge on any atom is 0.426 e. The van der Waals surface area contributed by atoms with Crippen molar-refractivity contribution in [3.05, 3.63) is 59.2 Å². The fourth-order valence-corrected chi connectivity index (χ4v) is 3.55. The van der Waals surface area contributed by atoms with Gasteiger partial charge >= 0.3 is 6.18 Å². The van der Waals surface area contributed by atoms with Crippen LogP contribution >= 0.6 is 11.8 Å². The van der Waals surface area contributed by atoms with E-state index in [2.05, 4.69) is 5.32 Å². The molecule has 0 aromatic heterocycles. The molecule has 1 unspecified atom stereocenters. The molecule has 2 aromatic rings. The third kappa shape index (κ3) is 3.22. The first kappa shape index (κ1) is 18.5. The molecular weight excluding hydrogens is 367 g/mol. The largest absolute Gasteiger partial charge is 0.426 e. The maximum absolute atomic E-state index is 12.8. The highest BCUT2D eigenvalue weighted by molar-refractivity contribution is 7.98. The summed E-state index contributed by atoms with van der Waals surface area (Å²) in [5.41, 5.74) is -1.58. The number of amides is 1. The van der Waals surface area contributed by atoms with Crippen LogP contribution in [0.25, 0.3) is 0 Å². The van der Waals surface area contributed by atoms with Crippen LogP contribution in [0.1, 0.15) is 28.4 Å². The molecule has 1 atom stereocenters. The Balaban J connectivity index is 1.89. The monoisotopic (exact) mass is 381 g/mol. The molecule has 2 aromatic carbocycles. The quantitative estimate of drug-likeness (QED) is 0.831. The molecular formula is C18H14F3NO3S. The molecule has 2 N–H and O–H groups in total. The minimum Gasteiger partial charge on any atom is -0.373 e. The molecule has 1 amide bonds. The number of hydrogen-bond donors (Lipinski definition) is 2. The average molecular weight is 381 g/mol. The normalized spacial score (nSPS) is 16.1. The summed E-state index contributed by atoms with van der Waals surface area (Å²) < 4.78 is 38.3. The zero-order valence-electron chi connectivity index (χ0n) is 13.6. The van der Waals surface area contributed by atoms with Gasteiger partial charge in [0.15, 0.2) is 5.78 Å². The molecule has 1 aliphatic heterocycles. The Bertz CT molecular complexity index is 893. The number of alkyl halides is 3. The van der Waals surface area contributed by atoms with Crippen molar-refractivity contribution in [2.45, 2.75) is 29.3 Å². The molecule has 0 fully saturated rings. The summed E-state index contributed by atoms with van der Waals surface area (Å²) in [5.74, 6) is -1.24. The maximum atomic E-state index is 12.8. The summed E-state index contributed by atoms with van der Waals surface area (Å²) in [5, 5.41) is 11.5. The first-order valence-corrected chi connectivity index (χ1v) is 8.60. The number of anilines is 1. The van der Waals surface area contributed by atoms with Crippen molar-refractivity contribution in [3.63, 3.8) is 0 Å². The van der Waals surface area contributed by atoms with Crippen molar-refractivity contribution >= 4 is 29.1 Å². The van der Waals surface area contributed by atoms with Crippen molar-refractivity contribution in [2.75, 3.05) is 5.32 Å². The van der Waals surface area contributed by atoms with Crippen LogP contribution in [0.3, 0.4) is 0 Å². The second-order valence-corrected chi connectivity index (χ2v) is 7.03. The van der Waals surface area contributed by atoms with E-state index in [9.17, 15) is 27.9 Å². The minimum absolute atomic E-state index is 0.0736. The van der Waals surface area contributed by atoms with E-state index in [1.54, 1.807) is 12.1 Å². The fraction of sp³-hybridized carbons (Fsp3) is 0.222. The SMILES string of the molecule is CC(O)(C(=O)Nc1ccc2c(c1)SCc1ccccc1C2=O)C(F)(F)F. The third-order valence-electron chi connectivity index (χ3n) is 4.12. The van der Waals surface area contributed by atoms with E-state index in [-0.39, 0.29) is 11.5 Å². The van der Waals surface area contributed by atoms with E-state index in [0.29, 0.717) is 28.7 Å². The lowest BCUT2D eigenvalue weighted by Gasteiger charge is -2.25. The van der Waals surface area contributed by atoms with E-state index in [4.69, 9.17) is 0 Å². The lowest BCUT2D eigenvalue weighted by Crippen LogP contribution is -2.52. The van der Waals surface area contributed by atoms with Crippen LogP contribution in [0.2, 0.25) is 0 Å². The van der Waals surface area contributed by atoms with Crippen LogP contribution in [0.15, 0.2) is 47.4 Å². The molecule has 0 aliphatic carbocycles. The number of ketones is 1. The zero-order valence-corrected chi connectivity index (χ0v) is 14.4. The smallest absolute Gasteiger partial charge is 0.373 e. The van der Waals surface area contributed by atoms with Crippen LogP contribution < -0.4 is 5.32 Å². The van der Waals surface area contributed by atoms with Gasteiger partial charge in [-0.25, -0.2) is 0 Å². The van der Waals surface area contributed by atoms with E-state index in [0.717, 1.165) is 5.56 Å². The Morgan fingerprint density at radius 1 is 1.15 bits per heavy atom. The highest BCUT2D eigenvalue weighted by Crippen LogP contribution is 2.36. The number of hydrogen-bond acceptors (Lipinski definition) is 4. The summed E-state index contributed by atoms with van der Waals surface area (Å²) in [6.07, 6.45) is -5.10. The van der Waals surface area contributed by atoms with Gasteiger partial charge in [0.1, 0.15) is 0 Å².